The number of anilines is 1. The van der Waals surface area contributed by atoms with Crippen LogP contribution in [0.15, 0.2) is 18.2 Å². The quantitative estimate of drug-likeness (QED) is 0.505. The maximum atomic E-state index is 11.1. The average molecular weight is 347 g/mol. The van der Waals surface area contributed by atoms with E-state index in [1.165, 1.54) is 0 Å². The van der Waals surface area contributed by atoms with E-state index in [4.69, 9.17) is 0 Å². The monoisotopic (exact) mass is 347 g/mol. The van der Waals surface area contributed by atoms with Crippen LogP contribution >= 0.6 is 22.6 Å². The smallest absolute Gasteiger partial charge is 0.293 e. The lowest BCUT2D eigenvalue weighted by Crippen LogP contribution is -2.28. The minimum absolute atomic E-state index is 0.207. The Balaban J connectivity index is 2.32. The fourth-order valence-electron chi connectivity index (χ4n) is 2.00. The lowest BCUT2D eigenvalue weighted by molar-refractivity contribution is -0.384. The summed E-state index contributed by atoms with van der Waals surface area (Å²) >= 11 is 2.10. The van der Waals surface area contributed by atoms with Gasteiger partial charge in [-0.1, -0.05) is 0 Å². The predicted octanol–water partition coefficient (Wildman–Crippen LogP) is 2.00. The standard InChI is InChI=1S/C11H14IN3O2/c12-9-2-3-10(11(8-9)15(16)17)14-6-1-4-13-5-7-14/h2-3,8,13H,1,4-7H2. The van der Waals surface area contributed by atoms with E-state index in [1.54, 1.807) is 6.07 Å². The van der Waals surface area contributed by atoms with Crippen LogP contribution in [0, 0.1) is 13.7 Å². The summed E-state index contributed by atoms with van der Waals surface area (Å²) in [7, 11) is 0. The molecular formula is C11H14IN3O2. The van der Waals surface area contributed by atoms with Gasteiger partial charge in [-0.05, 0) is 47.7 Å². The van der Waals surface area contributed by atoms with E-state index in [1.807, 2.05) is 12.1 Å². The molecule has 1 N–H and O–H groups in total. The van der Waals surface area contributed by atoms with Crippen molar-refractivity contribution in [2.24, 2.45) is 0 Å². The maximum Gasteiger partial charge on any atom is 0.293 e. The Morgan fingerprint density at radius 2 is 2.18 bits per heavy atom. The van der Waals surface area contributed by atoms with Crippen molar-refractivity contribution in [1.29, 1.82) is 0 Å². The normalized spacial score (nSPS) is 16.6. The number of hydrogen-bond donors (Lipinski definition) is 1. The topological polar surface area (TPSA) is 58.4 Å². The van der Waals surface area contributed by atoms with Crippen molar-refractivity contribution in [3.63, 3.8) is 0 Å². The Labute approximate surface area is 113 Å². The van der Waals surface area contributed by atoms with Gasteiger partial charge in [0.15, 0.2) is 0 Å². The number of nitrogens with one attached hydrogen (secondary N) is 1. The van der Waals surface area contributed by atoms with Gasteiger partial charge in [-0.15, -0.1) is 0 Å². The molecule has 92 valence electrons. The molecule has 1 aliphatic heterocycles. The van der Waals surface area contributed by atoms with Gasteiger partial charge in [0.1, 0.15) is 5.69 Å². The molecule has 6 heteroatoms. The van der Waals surface area contributed by atoms with Crippen molar-refractivity contribution in [1.82, 2.24) is 5.32 Å². The largest absolute Gasteiger partial charge is 0.365 e. The first kappa shape index (κ1) is 12.6. The van der Waals surface area contributed by atoms with Crippen LogP contribution in [0.3, 0.4) is 0 Å². The molecule has 0 unspecified atom stereocenters. The Morgan fingerprint density at radius 3 is 2.94 bits per heavy atom. The SMILES string of the molecule is O=[N+]([O-])c1cc(I)ccc1N1CCCNCC1. The van der Waals surface area contributed by atoms with Crippen LogP contribution in [0.5, 0.6) is 0 Å². The molecular weight excluding hydrogens is 333 g/mol. The number of rotatable bonds is 2. The number of benzene rings is 1. The van der Waals surface area contributed by atoms with Crippen LogP contribution in [0.4, 0.5) is 11.4 Å². The van der Waals surface area contributed by atoms with E-state index in [0.29, 0.717) is 0 Å². The first-order valence-corrected chi connectivity index (χ1v) is 6.66. The summed E-state index contributed by atoms with van der Waals surface area (Å²) in [5, 5.41) is 14.4. The Bertz CT molecular complexity index is 417. The van der Waals surface area contributed by atoms with Gasteiger partial charge < -0.3 is 10.2 Å². The first-order valence-electron chi connectivity index (χ1n) is 5.58. The predicted molar refractivity (Wildman–Crippen MR) is 75.5 cm³/mol. The van der Waals surface area contributed by atoms with Gasteiger partial charge in [-0.3, -0.25) is 10.1 Å². The highest BCUT2D eigenvalue weighted by atomic mass is 127. The zero-order valence-corrected chi connectivity index (χ0v) is 11.5. The lowest BCUT2D eigenvalue weighted by atomic mass is 10.2. The van der Waals surface area contributed by atoms with Crippen molar-refractivity contribution >= 4 is 34.0 Å². The fraction of sp³-hybridized carbons (Fsp3) is 0.455. The molecule has 5 nitrogen and oxygen atoms in total. The van der Waals surface area contributed by atoms with Gasteiger partial charge in [0.2, 0.25) is 0 Å². The Kier molecular flexibility index (Phi) is 4.16. The van der Waals surface area contributed by atoms with Crippen molar-refractivity contribution in [2.75, 3.05) is 31.1 Å². The summed E-state index contributed by atoms with van der Waals surface area (Å²) < 4.78 is 0.894. The van der Waals surface area contributed by atoms with E-state index in [2.05, 4.69) is 32.8 Å². The van der Waals surface area contributed by atoms with Crippen LogP contribution in [-0.2, 0) is 0 Å². The molecule has 1 aliphatic rings. The summed E-state index contributed by atoms with van der Waals surface area (Å²) in [4.78, 5) is 12.9. The second kappa shape index (κ2) is 5.63. The third kappa shape index (κ3) is 3.06. The van der Waals surface area contributed by atoms with Gasteiger partial charge >= 0.3 is 0 Å². The summed E-state index contributed by atoms with van der Waals surface area (Å²) in [6.07, 6.45) is 1.02. The molecule has 1 aromatic carbocycles. The summed E-state index contributed by atoms with van der Waals surface area (Å²) in [5.41, 5.74) is 0.943. The summed E-state index contributed by atoms with van der Waals surface area (Å²) in [6.45, 7) is 3.55. The lowest BCUT2D eigenvalue weighted by Gasteiger charge is -2.21. The molecule has 1 saturated heterocycles. The number of hydrogen-bond acceptors (Lipinski definition) is 4. The van der Waals surface area contributed by atoms with Gasteiger partial charge in [-0.25, -0.2) is 0 Å². The molecule has 0 spiro atoms. The van der Waals surface area contributed by atoms with Gasteiger partial charge in [0.05, 0.1) is 4.92 Å². The highest BCUT2D eigenvalue weighted by molar-refractivity contribution is 14.1. The zero-order valence-electron chi connectivity index (χ0n) is 9.36. The van der Waals surface area contributed by atoms with E-state index in [-0.39, 0.29) is 10.6 Å². The molecule has 0 radical (unpaired) electrons. The van der Waals surface area contributed by atoms with Crippen molar-refractivity contribution in [3.8, 4) is 0 Å². The van der Waals surface area contributed by atoms with E-state index >= 15 is 0 Å². The Morgan fingerprint density at radius 1 is 1.35 bits per heavy atom. The molecule has 1 heterocycles. The first-order chi connectivity index (χ1) is 8.18. The molecule has 0 bridgehead atoms. The van der Waals surface area contributed by atoms with Crippen molar-refractivity contribution < 1.29 is 4.92 Å². The third-order valence-corrected chi connectivity index (χ3v) is 3.49. The molecule has 0 saturated carbocycles. The summed E-state index contributed by atoms with van der Waals surface area (Å²) in [6, 6.07) is 5.40. The van der Waals surface area contributed by atoms with Crippen LogP contribution in [0.1, 0.15) is 6.42 Å². The number of nitro groups is 1. The van der Waals surface area contributed by atoms with E-state index in [0.717, 1.165) is 41.9 Å². The maximum absolute atomic E-state index is 11.1. The number of nitrogens with zero attached hydrogens (tertiary/aromatic N) is 2. The molecule has 17 heavy (non-hydrogen) atoms. The minimum atomic E-state index is -0.296. The van der Waals surface area contributed by atoms with Crippen LogP contribution < -0.4 is 10.2 Å². The molecule has 0 amide bonds. The number of halogens is 1. The highest BCUT2D eigenvalue weighted by Crippen LogP contribution is 2.30. The molecule has 0 aliphatic carbocycles. The minimum Gasteiger partial charge on any atom is -0.365 e. The zero-order chi connectivity index (χ0) is 12.3. The molecule has 0 aromatic heterocycles. The van der Waals surface area contributed by atoms with Crippen LogP contribution in [0.2, 0.25) is 0 Å². The highest BCUT2D eigenvalue weighted by Gasteiger charge is 2.20. The fourth-order valence-corrected chi connectivity index (χ4v) is 2.47. The second-order valence-corrected chi connectivity index (χ2v) is 5.23. The van der Waals surface area contributed by atoms with E-state index < -0.39 is 0 Å². The van der Waals surface area contributed by atoms with Gasteiger partial charge in [-0.2, -0.15) is 0 Å². The van der Waals surface area contributed by atoms with Crippen molar-refractivity contribution in [3.05, 3.63) is 31.9 Å². The summed E-state index contributed by atoms with van der Waals surface area (Å²) in [5.74, 6) is 0. The van der Waals surface area contributed by atoms with Crippen LogP contribution in [-0.4, -0.2) is 31.1 Å². The van der Waals surface area contributed by atoms with Gasteiger partial charge in [0.25, 0.3) is 5.69 Å². The average Bonchev–Trinajstić information content (AvgIpc) is 2.57. The van der Waals surface area contributed by atoms with E-state index in [9.17, 15) is 10.1 Å². The second-order valence-electron chi connectivity index (χ2n) is 3.98. The third-order valence-electron chi connectivity index (χ3n) is 2.81. The van der Waals surface area contributed by atoms with Crippen molar-refractivity contribution in [2.45, 2.75) is 6.42 Å². The molecule has 1 fully saturated rings. The van der Waals surface area contributed by atoms with Crippen LogP contribution in [0.25, 0.3) is 0 Å². The molecule has 0 atom stereocenters. The number of nitro benzene ring substituents is 1. The van der Waals surface area contributed by atoms with Gasteiger partial charge in [0, 0.05) is 29.3 Å². The molecule has 1 aromatic rings. The Hall–Kier alpha value is -0.890. The molecule has 2 rings (SSSR count).